The SMILES string of the molecule is CCc1nn(C)c2c1nc(CCCl)n2C1CCOC1. The van der Waals surface area contributed by atoms with Crippen molar-refractivity contribution in [2.45, 2.75) is 32.2 Å². The first-order chi connectivity index (χ1) is 9.26. The molecule has 1 unspecified atom stereocenters. The lowest BCUT2D eigenvalue weighted by atomic mass is 10.2. The summed E-state index contributed by atoms with van der Waals surface area (Å²) in [6, 6.07) is 0.364. The standard InChI is InChI=1S/C13H19ClN4O/c1-3-10-12-13(17(2)16-10)18(9-5-7-19-8-9)11(15-12)4-6-14/h9H,3-8H2,1-2H3. The van der Waals surface area contributed by atoms with Crippen molar-refractivity contribution in [2.24, 2.45) is 7.05 Å². The summed E-state index contributed by atoms with van der Waals surface area (Å²) >= 11 is 5.92. The molecule has 6 heteroatoms. The maximum atomic E-state index is 5.92. The Morgan fingerprint density at radius 1 is 1.47 bits per heavy atom. The first kappa shape index (κ1) is 12.9. The Kier molecular flexibility index (Phi) is 3.50. The number of rotatable bonds is 4. The molecule has 5 nitrogen and oxygen atoms in total. The van der Waals surface area contributed by atoms with E-state index < -0.39 is 0 Å². The zero-order valence-electron chi connectivity index (χ0n) is 11.4. The molecule has 0 aliphatic carbocycles. The van der Waals surface area contributed by atoms with Gasteiger partial charge in [-0.25, -0.2) is 4.98 Å². The van der Waals surface area contributed by atoms with Crippen LogP contribution in [-0.2, 0) is 24.6 Å². The minimum atomic E-state index is 0.364. The first-order valence-corrected chi connectivity index (χ1v) is 7.36. The zero-order chi connectivity index (χ0) is 13.4. The molecule has 1 atom stereocenters. The molecule has 0 N–H and O–H groups in total. The summed E-state index contributed by atoms with van der Waals surface area (Å²) in [5, 5.41) is 4.56. The number of fused-ring (bicyclic) bond motifs is 1. The molecular weight excluding hydrogens is 264 g/mol. The molecule has 0 amide bonds. The van der Waals surface area contributed by atoms with Crippen molar-refractivity contribution in [3.63, 3.8) is 0 Å². The van der Waals surface area contributed by atoms with Crippen LogP contribution in [0.1, 0.15) is 30.9 Å². The van der Waals surface area contributed by atoms with Gasteiger partial charge in [0.15, 0.2) is 5.65 Å². The number of alkyl halides is 1. The number of nitrogens with zero attached hydrogens (tertiary/aromatic N) is 4. The van der Waals surface area contributed by atoms with Crippen LogP contribution >= 0.6 is 11.6 Å². The summed E-state index contributed by atoms with van der Waals surface area (Å²) in [6.07, 6.45) is 2.72. The molecule has 0 saturated carbocycles. The molecule has 0 aromatic carbocycles. The van der Waals surface area contributed by atoms with Crippen LogP contribution in [-0.4, -0.2) is 38.4 Å². The molecule has 3 rings (SSSR count). The van der Waals surface area contributed by atoms with Crippen LogP contribution in [0.2, 0.25) is 0 Å². The molecule has 1 fully saturated rings. The van der Waals surface area contributed by atoms with Crippen molar-refractivity contribution in [1.82, 2.24) is 19.3 Å². The minimum Gasteiger partial charge on any atom is -0.379 e. The molecule has 1 aliphatic rings. The van der Waals surface area contributed by atoms with Crippen LogP contribution in [0.15, 0.2) is 0 Å². The predicted molar refractivity (Wildman–Crippen MR) is 74.8 cm³/mol. The number of ether oxygens (including phenoxy) is 1. The van der Waals surface area contributed by atoms with Gasteiger partial charge in [-0.1, -0.05) is 6.92 Å². The van der Waals surface area contributed by atoms with E-state index in [9.17, 15) is 0 Å². The number of aryl methyl sites for hydroxylation is 3. The third-order valence-electron chi connectivity index (χ3n) is 3.73. The maximum absolute atomic E-state index is 5.92. The average Bonchev–Trinajstić information content (AvgIpc) is 3.07. The van der Waals surface area contributed by atoms with Crippen LogP contribution in [0.3, 0.4) is 0 Å². The van der Waals surface area contributed by atoms with E-state index in [0.29, 0.717) is 11.9 Å². The third kappa shape index (κ3) is 2.05. The highest BCUT2D eigenvalue weighted by Gasteiger charge is 2.26. The number of imidazole rings is 1. The highest BCUT2D eigenvalue weighted by atomic mass is 35.5. The molecule has 0 radical (unpaired) electrons. The second-order valence-corrected chi connectivity index (χ2v) is 5.33. The Labute approximate surface area is 117 Å². The summed E-state index contributed by atoms with van der Waals surface area (Å²) in [5.41, 5.74) is 3.19. The van der Waals surface area contributed by atoms with Crippen LogP contribution in [0.4, 0.5) is 0 Å². The first-order valence-electron chi connectivity index (χ1n) is 6.82. The van der Waals surface area contributed by atoms with E-state index in [1.165, 1.54) is 0 Å². The van der Waals surface area contributed by atoms with E-state index >= 15 is 0 Å². The summed E-state index contributed by atoms with van der Waals surface area (Å²) in [7, 11) is 1.99. The van der Waals surface area contributed by atoms with Crippen molar-refractivity contribution in [3.8, 4) is 0 Å². The van der Waals surface area contributed by atoms with Gasteiger partial charge < -0.3 is 9.30 Å². The highest BCUT2D eigenvalue weighted by Crippen LogP contribution is 2.28. The third-order valence-corrected chi connectivity index (χ3v) is 3.92. The fourth-order valence-corrected chi connectivity index (χ4v) is 3.03. The van der Waals surface area contributed by atoms with E-state index in [0.717, 1.165) is 55.2 Å². The molecular formula is C13H19ClN4O. The Morgan fingerprint density at radius 2 is 2.32 bits per heavy atom. The van der Waals surface area contributed by atoms with Crippen LogP contribution in [0.5, 0.6) is 0 Å². The number of hydrogen-bond acceptors (Lipinski definition) is 3. The number of halogens is 1. The summed E-state index contributed by atoms with van der Waals surface area (Å²) in [4.78, 5) is 4.78. The summed E-state index contributed by atoms with van der Waals surface area (Å²) < 4.78 is 9.75. The normalized spacial score (nSPS) is 19.6. The fourth-order valence-electron chi connectivity index (χ4n) is 2.86. The lowest BCUT2D eigenvalue weighted by Crippen LogP contribution is -2.15. The predicted octanol–water partition coefficient (Wildman–Crippen LogP) is 2.07. The fraction of sp³-hybridized carbons (Fsp3) is 0.692. The monoisotopic (exact) mass is 282 g/mol. The van der Waals surface area contributed by atoms with Gasteiger partial charge in [-0.3, -0.25) is 4.68 Å². The van der Waals surface area contributed by atoms with Gasteiger partial charge in [-0.15, -0.1) is 11.6 Å². The van der Waals surface area contributed by atoms with E-state index in [4.69, 9.17) is 21.3 Å². The van der Waals surface area contributed by atoms with Gasteiger partial charge in [0.25, 0.3) is 0 Å². The van der Waals surface area contributed by atoms with Gasteiger partial charge in [0.2, 0.25) is 0 Å². The highest BCUT2D eigenvalue weighted by molar-refractivity contribution is 6.17. The lowest BCUT2D eigenvalue weighted by Gasteiger charge is -2.14. The molecule has 1 aliphatic heterocycles. The van der Waals surface area contributed by atoms with Gasteiger partial charge in [-0.2, -0.15) is 5.10 Å². The van der Waals surface area contributed by atoms with Crippen molar-refractivity contribution in [2.75, 3.05) is 19.1 Å². The van der Waals surface area contributed by atoms with E-state index in [2.05, 4.69) is 16.6 Å². The number of hydrogen-bond donors (Lipinski definition) is 0. The lowest BCUT2D eigenvalue weighted by molar-refractivity contribution is 0.186. The van der Waals surface area contributed by atoms with Gasteiger partial charge >= 0.3 is 0 Å². The second kappa shape index (κ2) is 5.13. The quantitative estimate of drug-likeness (QED) is 0.807. The molecule has 0 bridgehead atoms. The molecule has 104 valence electrons. The second-order valence-electron chi connectivity index (χ2n) is 4.95. The molecule has 2 aromatic rings. The van der Waals surface area contributed by atoms with Crippen molar-refractivity contribution < 1.29 is 4.74 Å². The van der Waals surface area contributed by atoms with Crippen molar-refractivity contribution >= 4 is 22.8 Å². The Morgan fingerprint density at radius 3 is 2.95 bits per heavy atom. The molecule has 2 aromatic heterocycles. The maximum Gasteiger partial charge on any atom is 0.159 e. The smallest absolute Gasteiger partial charge is 0.159 e. The molecule has 0 spiro atoms. The van der Waals surface area contributed by atoms with E-state index in [1.807, 2.05) is 11.7 Å². The van der Waals surface area contributed by atoms with Crippen LogP contribution < -0.4 is 0 Å². The van der Waals surface area contributed by atoms with Gasteiger partial charge in [0, 0.05) is 26.0 Å². The van der Waals surface area contributed by atoms with Gasteiger partial charge in [0.1, 0.15) is 11.3 Å². The number of aromatic nitrogens is 4. The van der Waals surface area contributed by atoms with Gasteiger partial charge in [-0.05, 0) is 12.8 Å². The largest absolute Gasteiger partial charge is 0.379 e. The molecule has 19 heavy (non-hydrogen) atoms. The van der Waals surface area contributed by atoms with Crippen molar-refractivity contribution in [1.29, 1.82) is 0 Å². The Balaban J connectivity index is 2.19. The zero-order valence-corrected chi connectivity index (χ0v) is 12.2. The summed E-state index contributed by atoms with van der Waals surface area (Å²) in [5.74, 6) is 1.65. The molecule has 3 heterocycles. The van der Waals surface area contributed by atoms with Crippen LogP contribution in [0.25, 0.3) is 11.2 Å². The van der Waals surface area contributed by atoms with E-state index in [-0.39, 0.29) is 0 Å². The van der Waals surface area contributed by atoms with Gasteiger partial charge in [0.05, 0.1) is 18.3 Å². The van der Waals surface area contributed by atoms with Crippen molar-refractivity contribution in [3.05, 3.63) is 11.5 Å². The van der Waals surface area contributed by atoms with E-state index in [1.54, 1.807) is 0 Å². The molecule has 1 saturated heterocycles. The average molecular weight is 283 g/mol. The minimum absolute atomic E-state index is 0.364. The summed E-state index contributed by atoms with van der Waals surface area (Å²) in [6.45, 7) is 3.69. The Bertz CT molecular complexity index is 583. The topological polar surface area (TPSA) is 44.9 Å². The Hall–Kier alpha value is -1.07. The van der Waals surface area contributed by atoms with Crippen LogP contribution in [0, 0.1) is 0 Å².